The molecule has 0 N–H and O–H groups in total. The average molecular weight is 549 g/mol. The van der Waals surface area contributed by atoms with E-state index < -0.39 is 20.8 Å². The van der Waals surface area contributed by atoms with E-state index in [2.05, 4.69) is 49.6 Å². The summed E-state index contributed by atoms with van der Waals surface area (Å²) in [6.07, 6.45) is 11.4. The van der Waals surface area contributed by atoms with Gasteiger partial charge in [0.15, 0.2) is 5.58 Å². The van der Waals surface area contributed by atoms with Gasteiger partial charge in [-0.2, -0.15) is 10.1 Å². The minimum absolute atomic E-state index is 0.0655. The average Bonchev–Trinajstić information content (AvgIpc) is 3.72. The Morgan fingerprint density at radius 1 is 1.21 bits per heavy atom. The van der Waals surface area contributed by atoms with Crippen LogP contribution in [0.5, 0.6) is 0 Å². The number of alkyl halides is 1. The maximum Gasteiger partial charge on any atom is 0.298 e. The van der Waals surface area contributed by atoms with Gasteiger partial charge in [0.2, 0.25) is 0 Å². The summed E-state index contributed by atoms with van der Waals surface area (Å²) in [7, 11) is -1.14. The molecule has 0 aliphatic carbocycles. The number of ether oxygens (including phenoxy) is 1. The van der Waals surface area contributed by atoms with Gasteiger partial charge in [-0.3, -0.25) is 9.67 Å². The lowest BCUT2D eigenvalue weighted by molar-refractivity contribution is 0.0899. The molecule has 5 aromatic rings. The van der Waals surface area contributed by atoms with E-state index in [0.29, 0.717) is 24.9 Å². The molecule has 6 heterocycles. The zero-order chi connectivity index (χ0) is 27.0. The van der Waals surface area contributed by atoms with E-state index in [9.17, 15) is 4.39 Å². The smallest absolute Gasteiger partial charge is 0.298 e. The first-order valence-corrected chi connectivity index (χ1v) is 17.0. The molecule has 12 heteroatoms. The van der Waals surface area contributed by atoms with Gasteiger partial charge in [-0.15, -0.1) is 0 Å². The molecule has 1 fully saturated rings. The van der Waals surface area contributed by atoms with Gasteiger partial charge in [-0.25, -0.2) is 14.4 Å². The van der Waals surface area contributed by atoms with E-state index in [1.54, 1.807) is 35.7 Å². The van der Waals surface area contributed by atoms with Gasteiger partial charge in [-0.05, 0) is 18.5 Å². The number of anilines is 1. The normalized spacial score (nSPS) is 17.0. The summed E-state index contributed by atoms with van der Waals surface area (Å²) in [5, 5.41) is 5.48. The fraction of sp³-hybridized carbons (Fsp3) is 0.444. The fourth-order valence-corrected chi connectivity index (χ4v) is 5.87. The van der Waals surface area contributed by atoms with Gasteiger partial charge < -0.3 is 18.6 Å². The van der Waals surface area contributed by atoms with Crippen molar-refractivity contribution in [2.24, 2.45) is 5.92 Å². The minimum Gasteiger partial charge on any atom is -0.423 e. The third-order valence-corrected chi connectivity index (χ3v) is 9.08. The molecule has 0 radical (unpaired) electrons. The van der Waals surface area contributed by atoms with Gasteiger partial charge >= 0.3 is 0 Å². The summed E-state index contributed by atoms with van der Waals surface area (Å²) in [5.41, 5.74) is 3.84. The zero-order valence-corrected chi connectivity index (χ0v) is 23.5. The molecule has 10 nitrogen and oxygen atoms in total. The van der Waals surface area contributed by atoms with E-state index >= 15 is 0 Å². The summed E-state index contributed by atoms with van der Waals surface area (Å²) >= 11 is 0. The highest BCUT2D eigenvalue weighted by atomic mass is 28.3. The number of hydrogen-bond donors (Lipinski definition) is 0. The summed E-state index contributed by atoms with van der Waals surface area (Å²) in [4.78, 5) is 19.8. The van der Waals surface area contributed by atoms with Crippen LogP contribution in [0, 0.1) is 5.92 Å². The molecule has 0 spiro atoms. The first-order chi connectivity index (χ1) is 18.9. The molecule has 5 aromatic heterocycles. The Bertz CT molecular complexity index is 1540. The van der Waals surface area contributed by atoms with Gasteiger partial charge in [0.05, 0.1) is 24.1 Å². The second-order valence-electron chi connectivity index (χ2n) is 11.4. The van der Waals surface area contributed by atoms with Crippen molar-refractivity contribution in [1.29, 1.82) is 0 Å². The second-order valence-corrected chi connectivity index (χ2v) is 17.0. The molecular formula is C27H33FN8O2Si. The monoisotopic (exact) mass is 548 g/mol. The predicted octanol–water partition coefficient (Wildman–Crippen LogP) is 5.18. The molecule has 1 aliphatic rings. The van der Waals surface area contributed by atoms with Gasteiger partial charge in [-0.1, -0.05) is 19.6 Å². The molecule has 0 amide bonds. The molecule has 0 aromatic carbocycles. The third-order valence-electron chi connectivity index (χ3n) is 7.37. The van der Waals surface area contributed by atoms with Crippen LogP contribution in [0.1, 0.15) is 12.5 Å². The number of oxazole rings is 1. The molecule has 2 atom stereocenters. The standard InChI is InChI=1S/C27H33FN8O2Si/c1-39(2,3)11-10-37-18-35-9-6-21-25(30-17-31-26(21)35)20-13-32-36(16-20)23(12-28)19-5-8-34(15-19)27-33-22-14-29-7-4-24(22)38-27/h4,6-7,9,13-14,16-17,19,23H,5,8,10-12,15,18H2,1-3H3. The number of halogens is 1. The van der Waals surface area contributed by atoms with Crippen molar-refractivity contribution in [3.63, 3.8) is 0 Å². The largest absolute Gasteiger partial charge is 0.423 e. The Hall–Kier alpha value is -3.64. The number of nitrogens with zero attached hydrogens (tertiary/aromatic N) is 8. The van der Waals surface area contributed by atoms with Crippen molar-refractivity contribution < 1.29 is 13.5 Å². The fourth-order valence-electron chi connectivity index (χ4n) is 5.11. The highest BCUT2D eigenvalue weighted by Crippen LogP contribution is 2.34. The molecule has 1 saturated heterocycles. The Morgan fingerprint density at radius 2 is 2.10 bits per heavy atom. The Labute approximate surface area is 226 Å². The molecule has 6 rings (SSSR count). The van der Waals surface area contributed by atoms with Gasteiger partial charge in [0.25, 0.3) is 6.01 Å². The first-order valence-electron chi connectivity index (χ1n) is 13.3. The van der Waals surface area contributed by atoms with Crippen LogP contribution >= 0.6 is 0 Å². The third kappa shape index (κ3) is 5.30. The second kappa shape index (κ2) is 10.5. The van der Waals surface area contributed by atoms with Crippen LogP contribution in [-0.2, 0) is 11.5 Å². The van der Waals surface area contributed by atoms with E-state index in [4.69, 9.17) is 9.15 Å². The highest BCUT2D eigenvalue weighted by Gasteiger charge is 2.33. The molecule has 204 valence electrons. The predicted molar refractivity (Wildman–Crippen MR) is 150 cm³/mol. The van der Waals surface area contributed by atoms with Crippen LogP contribution in [0.25, 0.3) is 33.4 Å². The van der Waals surface area contributed by atoms with Crippen LogP contribution in [0.3, 0.4) is 0 Å². The zero-order valence-electron chi connectivity index (χ0n) is 22.5. The van der Waals surface area contributed by atoms with Crippen LogP contribution in [0.4, 0.5) is 10.4 Å². The van der Waals surface area contributed by atoms with Crippen molar-refractivity contribution in [2.75, 3.05) is 31.3 Å². The summed E-state index contributed by atoms with van der Waals surface area (Å²) < 4.78 is 30.0. The minimum atomic E-state index is -1.14. The Kier molecular flexibility index (Phi) is 6.89. The van der Waals surface area contributed by atoms with Crippen LogP contribution < -0.4 is 4.90 Å². The van der Waals surface area contributed by atoms with Crippen molar-refractivity contribution in [1.82, 2.24) is 34.3 Å². The quantitative estimate of drug-likeness (QED) is 0.174. The SMILES string of the molecule is C[Si](C)(C)CCOCn1ccc2c(-c3cnn(C(CF)C4CCN(c5nc6cnccc6o5)C4)c3)ncnc21. The van der Waals surface area contributed by atoms with E-state index in [0.717, 1.165) is 53.4 Å². The van der Waals surface area contributed by atoms with Crippen LogP contribution in [0.2, 0.25) is 25.7 Å². The number of hydrogen-bond acceptors (Lipinski definition) is 8. The maximum atomic E-state index is 14.4. The van der Waals surface area contributed by atoms with Crippen molar-refractivity contribution in [2.45, 2.75) is 44.9 Å². The highest BCUT2D eigenvalue weighted by molar-refractivity contribution is 6.76. The number of fused-ring (bicyclic) bond motifs is 2. The Morgan fingerprint density at radius 3 is 2.92 bits per heavy atom. The molecular weight excluding hydrogens is 515 g/mol. The maximum absolute atomic E-state index is 14.4. The van der Waals surface area contributed by atoms with E-state index in [-0.39, 0.29) is 5.92 Å². The van der Waals surface area contributed by atoms with E-state index in [1.165, 1.54) is 0 Å². The number of rotatable bonds is 10. The summed E-state index contributed by atoms with van der Waals surface area (Å²) in [6, 6.07) is 5.08. The van der Waals surface area contributed by atoms with Gasteiger partial charge in [0.1, 0.15) is 30.9 Å². The lowest BCUT2D eigenvalue weighted by atomic mass is 10.0. The number of aromatic nitrogens is 7. The Balaban J connectivity index is 1.17. The summed E-state index contributed by atoms with van der Waals surface area (Å²) in [6.45, 7) is 9.09. The number of pyridine rings is 1. The lowest BCUT2D eigenvalue weighted by Gasteiger charge is -2.21. The molecule has 39 heavy (non-hydrogen) atoms. The topological polar surface area (TPSA) is 99.9 Å². The van der Waals surface area contributed by atoms with Crippen molar-refractivity contribution >= 4 is 36.2 Å². The van der Waals surface area contributed by atoms with Crippen LogP contribution in [-0.4, -0.2) is 68.7 Å². The van der Waals surface area contributed by atoms with E-state index in [1.807, 2.05) is 23.0 Å². The lowest BCUT2D eigenvalue weighted by Crippen LogP contribution is -2.26. The van der Waals surface area contributed by atoms with Crippen molar-refractivity contribution in [3.8, 4) is 11.3 Å². The molecule has 2 unspecified atom stereocenters. The van der Waals surface area contributed by atoms with Crippen molar-refractivity contribution in [3.05, 3.63) is 49.4 Å². The summed E-state index contributed by atoms with van der Waals surface area (Å²) in [5.74, 6) is 0.0655. The molecule has 0 saturated carbocycles. The molecule has 0 bridgehead atoms. The van der Waals surface area contributed by atoms with Crippen LogP contribution in [0.15, 0.2) is 53.9 Å². The molecule has 1 aliphatic heterocycles. The first kappa shape index (κ1) is 25.6. The van der Waals surface area contributed by atoms with Gasteiger partial charge in [0, 0.05) is 69.3 Å².